The lowest BCUT2D eigenvalue weighted by Crippen LogP contribution is -1.98. The van der Waals surface area contributed by atoms with Gasteiger partial charge in [0, 0.05) is 16.5 Å². The molecule has 0 saturated heterocycles. The lowest BCUT2D eigenvalue weighted by Gasteiger charge is -2.13. The smallest absolute Gasteiger partial charge is 0.160 e. The molecule has 9 aromatic carbocycles. The summed E-state index contributed by atoms with van der Waals surface area (Å²) < 4.78 is 0. The summed E-state index contributed by atoms with van der Waals surface area (Å²) in [5, 5.41) is 8.63. The summed E-state index contributed by atoms with van der Waals surface area (Å²) in [7, 11) is 0. The third-order valence-corrected chi connectivity index (χ3v) is 11.2. The number of rotatable bonds is 6. The molecule has 58 heavy (non-hydrogen) atoms. The van der Waals surface area contributed by atoms with Gasteiger partial charge in [-0.15, -0.1) is 0 Å². The van der Waals surface area contributed by atoms with Crippen molar-refractivity contribution in [3.63, 3.8) is 0 Å². The molecule has 0 atom stereocenters. The average Bonchev–Trinajstić information content (AvgIpc) is 3.31. The van der Waals surface area contributed by atoms with Gasteiger partial charge in [-0.1, -0.05) is 176 Å². The Morgan fingerprint density at radius 3 is 1.34 bits per heavy atom. The Hall–Kier alpha value is -7.75. The van der Waals surface area contributed by atoms with Crippen LogP contribution in [-0.4, -0.2) is 15.0 Å². The topological polar surface area (TPSA) is 38.7 Å². The van der Waals surface area contributed by atoms with Crippen molar-refractivity contribution < 1.29 is 0 Å². The van der Waals surface area contributed by atoms with Crippen LogP contribution in [0.1, 0.15) is 0 Å². The Kier molecular flexibility index (Phi) is 8.15. The Morgan fingerprint density at radius 2 is 0.690 bits per heavy atom. The van der Waals surface area contributed by atoms with Crippen LogP contribution in [0.2, 0.25) is 0 Å². The van der Waals surface area contributed by atoms with Gasteiger partial charge in [-0.2, -0.15) is 0 Å². The van der Waals surface area contributed by atoms with E-state index in [1.165, 1.54) is 43.4 Å². The monoisotopic (exact) mass is 737 g/mol. The van der Waals surface area contributed by atoms with Gasteiger partial charge in [-0.05, 0) is 102 Å². The van der Waals surface area contributed by atoms with Crippen LogP contribution in [-0.2, 0) is 0 Å². The average molecular weight is 738 g/mol. The van der Waals surface area contributed by atoms with Gasteiger partial charge in [0.1, 0.15) is 5.69 Å². The lowest BCUT2D eigenvalue weighted by molar-refractivity contribution is 1.20. The summed E-state index contributed by atoms with van der Waals surface area (Å²) in [4.78, 5) is 15.7. The van der Waals surface area contributed by atoms with Gasteiger partial charge in [0.2, 0.25) is 0 Å². The third-order valence-electron chi connectivity index (χ3n) is 11.2. The molecule has 0 aliphatic heterocycles. The Morgan fingerprint density at radius 1 is 0.224 bits per heavy atom. The van der Waals surface area contributed by atoms with Crippen LogP contribution in [0.3, 0.4) is 0 Å². The third kappa shape index (κ3) is 5.98. The lowest BCUT2D eigenvalue weighted by atomic mass is 9.91. The van der Waals surface area contributed by atoms with Gasteiger partial charge < -0.3 is 0 Å². The van der Waals surface area contributed by atoms with E-state index in [1.807, 2.05) is 24.3 Å². The predicted octanol–water partition coefficient (Wildman–Crippen LogP) is 14.5. The first-order valence-electron chi connectivity index (χ1n) is 19.7. The van der Waals surface area contributed by atoms with Crippen molar-refractivity contribution in [1.82, 2.24) is 15.0 Å². The largest absolute Gasteiger partial charge is 0.246 e. The Bertz CT molecular complexity index is 3240. The van der Waals surface area contributed by atoms with Gasteiger partial charge in [0.15, 0.2) is 5.82 Å². The highest BCUT2D eigenvalue weighted by Gasteiger charge is 2.17. The van der Waals surface area contributed by atoms with E-state index in [0.717, 1.165) is 61.4 Å². The molecule has 0 N–H and O–H groups in total. The molecule has 3 heteroatoms. The minimum atomic E-state index is 0.661. The van der Waals surface area contributed by atoms with Crippen molar-refractivity contribution in [2.24, 2.45) is 0 Å². The zero-order chi connectivity index (χ0) is 38.4. The van der Waals surface area contributed by atoms with Crippen molar-refractivity contribution >= 4 is 43.2 Å². The second-order valence-corrected chi connectivity index (χ2v) is 14.8. The van der Waals surface area contributed by atoms with Crippen LogP contribution in [0.15, 0.2) is 212 Å². The van der Waals surface area contributed by atoms with Gasteiger partial charge in [0.05, 0.1) is 16.9 Å². The van der Waals surface area contributed by atoms with Crippen molar-refractivity contribution in [2.75, 3.05) is 0 Å². The molecule has 0 bridgehead atoms. The highest BCUT2D eigenvalue weighted by molar-refractivity contribution is 6.25. The van der Waals surface area contributed by atoms with E-state index in [4.69, 9.17) is 15.0 Å². The molecule has 0 aliphatic carbocycles. The van der Waals surface area contributed by atoms with E-state index in [-0.39, 0.29) is 0 Å². The number of aromatic nitrogens is 3. The SMILES string of the molecule is c1ccc(-c2cc(-c3ccccc3)nc(-c3nc(-c4cccc(-c5cccc(-c6ccc7c8ccccc8c8ccccc8c7c6)c5)c4)nc4ccccc34)c2)cc1. The summed E-state index contributed by atoms with van der Waals surface area (Å²) >= 11 is 0. The van der Waals surface area contributed by atoms with Crippen LogP contribution in [0.4, 0.5) is 0 Å². The van der Waals surface area contributed by atoms with Crippen molar-refractivity contribution in [1.29, 1.82) is 0 Å². The fraction of sp³-hybridized carbons (Fsp3) is 0. The molecule has 0 amide bonds. The number of nitrogens with zero attached hydrogens (tertiary/aromatic N) is 3. The number of para-hydroxylation sites is 1. The summed E-state index contributed by atoms with van der Waals surface area (Å²) in [5.74, 6) is 0.661. The molecule has 2 heterocycles. The normalized spacial score (nSPS) is 11.4. The fourth-order valence-corrected chi connectivity index (χ4v) is 8.41. The molecule has 11 aromatic rings. The molecule has 0 aliphatic rings. The first kappa shape index (κ1) is 33.6. The first-order chi connectivity index (χ1) is 28.7. The number of hydrogen-bond acceptors (Lipinski definition) is 3. The van der Waals surface area contributed by atoms with Crippen LogP contribution < -0.4 is 0 Å². The molecule has 270 valence electrons. The molecule has 0 fully saturated rings. The standard InChI is InChI=1S/C55H35N3/c1-3-15-36(16-4-1)43-34-52(37-17-5-2-6-18-37)56-53(35-43)54-49-27-11-12-28-51(49)57-55(58-54)42-22-14-21-40(32-42)38-19-13-20-39(31-38)41-29-30-48-46-25-8-7-23-44(46)45-24-9-10-26-47(45)50(48)33-41/h1-35H. The van der Waals surface area contributed by atoms with E-state index < -0.39 is 0 Å². The van der Waals surface area contributed by atoms with Crippen LogP contribution in [0.5, 0.6) is 0 Å². The number of fused-ring (bicyclic) bond motifs is 7. The zero-order valence-electron chi connectivity index (χ0n) is 31.5. The summed E-state index contributed by atoms with van der Waals surface area (Å²) in [6, 6.07) is 75.2. The van der Waals surface area contributed by atoms with Gasteiger partial charge in [-0.3, -0.25) is 0 Å². The Balaban J connectivity index is 1.02. The quantitative estimate of drug-likeness (QED) is 0.160. The van der Waals surface area contributed by atoms with Gasteiger partial charge >= 0.3 is 0 Å². The number of hydrogen-bond donors (Lipinski definition) is 0. The van der Waals surface area contributed by atoms with E-state index in [1.54, 1.807) is 0 Å². The minimum absolute atomic E-state index is 0.661. The molecule has 2 aromatic heterocycles. The van der Waals surface area contributed by atoms with E-state index >= 15 is 0 Å². The highest BCUT2D eigenvalue weighted by atomic mass is 14.9. The van der Waals surface area contributed by atoms with Crippen LogP contribution in [0.25, 0.3) is 111 Å². The molecule has 0 saturated carbocycles. The molecule has 0 unspecified atom stereocenters. The van der Waals surface area contributed by atoms with Crippen LogP contribution >= 0.6 is 0 Å². The van der Waals surface area contributed by atoms with Gasteiger partial charge in [-0.25, -0.2) is 15.0 Å². The Labute approximate surface area is 336 Å². The first-order valence-corrected chi connectivity index (χ1v) is 19.7. The maximum absolute atomic E-state index is 5.31. The molecule has 0 spiro atoms. The fourth-order valence-electron chi connectivity index (χ4n) is 8.41. The minimum Gasteiger partial charge on any atom is -0.246 e. The number of benzene rings is 9. The molecule has 3 nitrogen and oxygen atoms in total. The predicted molar refractivity (Wildman–Crippen MR) is 242 cm³/mol. The van der Waals surface area contributed by atoms with Crippen molar-refractivity contribution in [3.8, 4) is 67.4 Å². The maximum Gasteiger partial charge on any atom is 0.160 e. The number of pyridine rings is 1. The molecule has 0 radical (unpaired) electrons. The summed E-state index contributed by atoms with van der Waals surface area (Å²) in [6.45, 7) is 0. The van der Waals surface area contributed by atoms with E-state index in [9.17, 15) is 0 Å². The summed E-state index contributed by atoms with van der Waals surface area (Å²) in [5.41, 5.74) is 12.2. The highest BCUT2D eigenvalue weighted by Crippen LogP contribution is 2.39. The van der Waals surface area contributed by atoms with E-state index in [0.29, 0.717) is 5.82 Å². The molecule has 11 rings (SSSR count). The maximum atomic E-state index is 5.31. The van der Waals surface area contributed by atoms with Crippen molar-refractivity contribution in [3.05, 3.63) is 212 Å². The second-order valence-electron chi connectivity index (χ2n) is 14.8. The van der Waals surface area contributed by atoms with E-state index in [2.05, 4.69) is 188 Å². The van der Waals surface area contributed by atoms with Gasteiger partial charge in [0.25, 0.3) is 0 Å². The second kappa shape index (κ2) is 14.1. The molecular formula is C55H35N3. The zero-order valence-corrected chi connectivity index (χ0v) is 31.5. The van der Waals surface area contributed by atoms with Crippen molar-refractivity contribution in [2.45, 2.75) is 0 Å². The van der Waals surface area contributed by atoms with Crippen LogP contribution in [0, 0.1) is 0 Å². The summed E-state index contributed by atoms with van der Waals surface area (Å²) in [6.07, 6.45) is 0. The molecular weight excluding hydrogens is 703 g/mol.